The average molecular weight is 428 g/mol. The van der Waals surface area contributed by atoms with Crippen molar-refractivity contribution in [2.24, 2.45) is 0 Å². The van der Waals surface area contributed by atoms with E-state index < -0.39 is 11.8 Å². The van der Waals surface area contributed by atoms with Gasteiger partial charge in [-0.2, -0.15) is 0 Å². The first-order valence-corrected chi connectivity index (χ1v) is 8.67. The molecule has 1 fully saturated rings. The van der Waals surface area contributed by atoms with Gasteiger partial charge < -0.3 is 5.11 Å². The van der Waals surface area contributed by atoms with Gasteiger partial charge in [-0.1, -0.05) is 34.8 Å². The molecular formula is C17H9Cl3N2O3S. The Balaban J connectivity index is 2.07. The molecule has 1 aliphatic heterocycles. The monoisotopic (exact) mass is 426 g/mol. The van der Waals surface area contributed by atoms with Gasteiger partial charge in [-0.3, -0.25) is 19.8 Å². The van der Waals surface area contributed by atoms with Crippen LogP contribution in [0.2, 0.25) is 15.1 Å². The summed E-state index contributed by atoms with van der Waals surface area (Å²) in [6.07, 6.45) is 1.20. The first-order chi connectivity index (χ1) is 12.3. The minimum atomic E-state index is -0.694. The molecule has 0 radical (unpaired) electrons. The van der Waals surface area contributed by atoms with Crippen LogP contribution in [0.25, 0.3) is 6.08 Å². The number of nitrogens with one attached hydrogen (secondary N) is 1. The van der Waals surface area contributed by atoms with Gasteiger partial charge in [0.05, 0.1) is 10.7 Å². The van der Waals surface area contributed by atoms with Crippen LogP contribution in [0, 0.1) is 0 Å². The van der Waals surface area contributed by atoms with E-state index in [0.29, 0.717) is 10.7 Å². The highest BCUT2D eigenvalue weighted by Crippen LogP contribution is 2.33. The third-order valence-corrected chi connectivity index (χ3v) is 4.59. The number of nitrogens with zero attached hydrogens (tertiary/aromatic N) is 1. The number of benzene rings is 2. The molecule has 0 unspecified atom stereocenters. The molecule has 0 aliphatic carbocycles. The summed E-state index contributed by atoms with van der Waals surface area (Å²) in [4.78, 5) is 26.2. The van der Waals surface area contributed by atoms with Crippen LogP contribution in [0.1, 0.15) is 5.56 Å². The lowest BCUT2D eigenvalue weighted by atomic mass is 10.1. The molecule has 0 bridgehead atoms. The molecule has 0 aromatic heterocycles. The number of halogens is 3. The molecule has 2 aromatic rings. The molecule has 2 amide bonds. The fourth-order valence-corrected chi connectivity index (χ4v) is 3.25. The molecule has 2 aromatic carbocycles. The molecule has 26 heavy (non-hydrogen) atoms. The maximum absolute atomic E-state index is 12.8. The maximum Gasteiger partial charge on any atom is 0.270 e. The summed E-state index contributed by atoms with van der Waals surface area (Å²) < 4.78 is 0. The molecule has 1 aliphatic rings. The van der Waals surface area contributed by atoms with Crippen molar-refractivity contribution < 1.29 is 14.7 Å². The molecular weight excluding hydrogens is 419 g/mol. The maximum atomic E-state index is 12.8. The van der Waals surface area contributed by atoms with Gasteiger partial charge in [0.15, 0.2) is 5.11 Å². The number of carbonyl (C=O) groups is 2. The number of phenolic OH excluding ortho intramolecular Hbond substituents is 1. The summed E-state index contributed by atoms with van der Waals surface area (Å²) in [5.74, 6) is -1.65. The second-order valence-electron chi connectivity index (χ2n) is 5.26. The third kappa shape index (κ3) is 3.54. The second-order valence-corrected chi connectivity index (χ2v) is 6.93. The van der Waals surface area contributed by atoms with Crippen LogP contribution in [0.5, 0.6) is 5.75 Å². The molecule has 5 nitrogen and oxygen atoms in total. The number of amides is 2. The Hall–Kier alpha value is -2.12. The van der Waals surface area contributed by atoms with Gasteiger partial charge in [0, 0.05) is 15.6 Å². The van der Waals surface area contributed by atoms with Gasteiger partial charge in [-0.15, -0.1) is 0 Å². The molecule has 1 heterocycles. The quantitative estimate of drug-likeness (QED) is 0.428. The lowest BCUT2D eigenvalue weighted by Crippen LogP contribution is -2.54. The summed E-state index contributed by atoms with van der Waals surface area (Å²) in [6, 6.07) is 9.10. The predicted octanol–water partition coefficient (Wildman–Crippen LogP) is 4.18. The van der Waals surface area contributed by atoms with Crippen molar-refractivity contribution >= 4 is 75.7 Å². The molecule has 0 spiro atoms. The van der Waals surface area contributed by atoms with E-state index in [0.717, 1.165) is 4.90 Å². The number of hydrogen-bond acceptors (Lipinski definition) is 4. The number of carbonyl (C=O) groups excluding carboxylic acids is 2. The molecule has 3 rings (SSSR count). The van der Waals surface area contributed by atoms with Crippen molar-refractivity contribution in [1.82, 2.24) is 5.32 Å². The number of aromatic hydroxyl groups is 1. The van der Waals surface area contributed by atoms with Crippen molar-refractivity contribution in [3.05, 3.63) is 62.6 Å². The first kappa shape index (κ1) is 18.7. The lowest BCUT2D eigenvalue weighted by Gasteiger charge is -2.29. The van der Waals surface area contributed by atoms with Gasteiger partial charge in [0.25, 0.3) is 11.8 Å². The number of thiocarbonyl (C=S) groups is 1. The highest BCUT2D eigenvalue weighted by molar-refractivity contribution is 7.80. The van der Waals surface area contributed by atoms with E-state index >= 15 is 0 Å². The Bertz CT molecular complexity index is 974. The van der Waals surface area contributed by atoms with Gasteiger partial charge in [0.1, 0.15) is 11.3 Å². The number of anilines is 1. The smallest absolute Gasteiger partial charge is 0.270 e. The zero-order valence-corrected chi connectivity index (χ0v) is 15.9. The van der Waals surface area contributed by atoms with Crippen LogP contribution in [-0.4, -0.2) is 22.0 Å². The summed E-state index contributed by atoms with van der Waals surface area (Å²) in [7, 11) is 0. The van der Waals surface area contributed by atoms with E-state index in [1.807, 2.05) is 0 Å². The minimum Gasteiger partial charge on any atom is -0.506 e. The van der Waals surface area contributed by atoms with Crippen molar-refractivity contribution in [2.45, 2.75) is 0 Å². The molecule has 1 saturated heterocycles. The zero-order chi connectivity index (χ0) is 19.0. The third-order valence-electron chi connectivity index (χ3n) is 3.54. The van der Waals surface area contributed by atoms with Crippen LogP contribution < -0.4 is 10.2 Å². The summed E-state index contributed by atoms with van der Waals surface area (Å²) >= 11 is 22.8. The fraction of sp³-hybridized carbons (Fsp3) is 0. The van der Waals surface area contributed by atoms with Gasteiger partial charge in [0.2, 0.25) is 0 Å². The Morgan fingerprint density at radius 2 is 1.69 bits per heavy atom. The first-order valence-electron chi connectivity index (χ1n) is 7.13. The summed E-state index contributed by atoms with van der Waals surface area (Å²) in [5, 5.41) is 13.2. The highest BCUT2D eigenvalue weighted by atomic mass is 35.5. The van der Waals surface area contributed by atoms with Crippen LogP contribution in [0.15, 0.2) is 42.0 Å². The highest BCUT2D eigenvalue weighted by Gasteiger charge is 2.34. The van der Waals surface area contributed by atoms with E-state index in [4.69, 9.17) is 47.0 Å². The molecule has 0 saturated carbocycles. The predicted molar refractivity (Wildman–Crippen MR) is 106 cm³/mol. The zero-order valence-electron chi connectivity index (χ0n) is 12.8. The largest absolute Gasteiger partial charge is 0.506 e. The molecule has 0 atom stereocenters. The van der Waals surface area contributed by atoms with Crippen LogP contribution in [0.4, 0.5) is 5.69 Å². The van der Waals surface area contributed by atoms with Crippen LogP contribution in [-0.2, 0) is 9.59 Å². The number of rotatable bonds is 2. The topological polar surface area (TPSA) is 69.6 Å². The van der Waals surface area contributed by atoms with Crippen LogP contribution >= 0.6 is 47.0 Å². The molecule has 2 N–H and O–H groups in total. The van der Waals surface area contributed by atoms with Gasteiger partial charge >= 0.3 is 0 Å². The van der Waals surface area contributed by atoms with E-state index in [1.165, 1.54) is 18.2 Å². The SMILES string of the molecule is O=C1NC(=S)N(c2ccc(Cl)cc2)C(=O)/C1=C/c1cc(Cl)cc(Cl)c1O. The number of phenols is 1. The lowest BCUT2D eigenvalue weighted by molar-refractivity contribution is -0.122. The van der Waals surface area contributed by atoms with E-state index in [-0.39, 0.29) is 32.0 Å². The van der Waals surface area contributed by atoms with E-state index in [2.05, 4.69) is 5.32 Å². The Labute approximate surface area is 168 Å². The number of hydrogen-bond donors (Lipinski definition) is 2. The molecule has 132 valence electrons. The standard InChI is InChI=1S/C17H9Cl3N2O3S/c18-9-1-3-11(4-2-9)22-16(25)12(15(24)21-17(22)26)6-8-5-10(19)7-13(20)14(8)23/h1-7,23H,(H,21,24,26)/b12-6+. The van der Waals surface area contributed by atoms with Gasteiger partial charge in [-0.25, -0.2) is 0 Å². The van der Waals surface area contributed by atoms with Crippen molar-refractivity contribution in [3.63, 3.8) is 0 Å². The Morgan fingerprint density at radius 1 is 1.04 bits per heavy atom. The van der Waals surface area contributed by atoms with Crippen molar-refractivity contribution in [3.8, 4) is 5.75 Å². The van der Waals surface area contributed by atoms with Crippen molar-refractivity contribution in [2.75, 3.05) is 4.90 Å². The second kappa shape index (κ2) is 7.25. The van der Waals surface area contributed by atoms with Crippen LogP contribution in [0.3, 0.4) is 0 Å². The average Bonchev–Trinajstić information content (AvgIpc) is 2.57. The fourth-order valence-electron chi connectivity index (χ4n) is 2.33. The summed E-state index contributed by atoms with van der Waals surface area (Å²) in [5.41, 5.74) is 0.329. The van der Waals surface area contributed by atoms with E-state index in [1.54, 1.807) is 24.3 Å². The minimum absolute atomic E-state index is 0.00176. The van der Waals surface area contributed by atoms with Gasteiger partial charge in [-0.05, 0) is 54.7 Å². The Kier molecular flexibility index (Phi) is 5.20. The normalized spacial score (nSPS) is 16.2. The summed E-state index contributed by atoms with van der Waals surface area (Å²) in [6.45, 7) is 0. The Morgan fingerprint density at radius 3 is 2.35 bits per heavy atom. The van der Waals surface area contributed by atoms with E-state index in [9.17, 15) is 14.7 Å². The molecule has 9 heteroatoms. The van der Waals surface area contributed by atoms with Crippen molar-refractivity contribution in [1.29, 1.82) is 0 Å².